The average molecular weight is 273 g/mol. The molecule has 17 heavy (non-hydrogen) atoms. The fraction of sp³-hybridized carbons (Fsp3) is 0.111. The molecule has 2 rings (SSSR count). The normalized spacial score (nSPS) is 11.6. The first kappa shape index (κ1) is 12.0. The number of H-pyrrole nitrogens is 1. The number of hydrogen-bond acceptors (Lipinski definition) is 4. The van der Waals surface area contributed by atoms with Gasteiger partial charge in [0, 0.05) is 18.1 Å². The van der Waals surface area contributed by atoms with Crippen LogP contribution < -0.4 is 4.72 Å². The van der Waals surface area contributed by atoms with Gasteiger partial charge in [0.25, 0.3) is 0 Å². The average Bonchev–Trinajstić information content (AvgIpc) is 2.80. The van der Waals surface area contributed by atoms with Crippen molar-refractivity contribution in [3.8, 4) is 0 Å². The Hall–Kier alpha value is -1.44. The van der Waals surface area contributed by atoms with Crippen LogP contribution in [0.25, 0.3) is 0 Å². The molecule has 0 fully saturated rings. The summed E-state index contributed by atoms with van der Waals surface area (Å²) in [5.74, 6) is 0. The Bertz CT molecular complexity index is 580. The highest BCUT2D eigenvalue weighted by Gasteiger charge is 2.14. The molecule has 2 N–H and O–H groups in total. The van der Waals surface area contributed by atoms with Crippen molar-refractivity contribution >= 4 is 21.6 Å². The molecular weight excluding hydrogens is 264 g/mol. The van der Waals surface area contributed by atoms with Crippen molar-refractivity contribution in [3.05, 3.63) is 41.7 Å². The van der Waals surface area contributed by atoms with Gasteiger partial charge in [-0.15, -0.1) is 0 Å². The van der Waals surface area contributed by atoms with E-state index >= 15 is 0 Å². The summed E-state index contributed by atoms with van der Waals surface area (Å²) in [4.78, 5) is 10.4. The van der Waals surface area contributed by atoms with Crippen LogP contribution in [-0.2, 0) is 16.6 Å². The molecule has 0 spiro atoms. The monoisotopic (exact) mass is 272 g/mol. The van der Waals surface area contributed by atoms with Crippen LogP contribution >= 0.6 is 11.6 Å². The Labute approximate surface area is 103 Å². The highest BCUT2D eigenvalue weighted by atomic mass is 35.5. The number of nitrogens with one attached hydrogen (secondary N) is 2. The lowest BCUT2D eigenvalue weighted by atomic mass is 10.5. The molecule has 0 unspecified atom stereocenters. The van der Waals surface area contributed by atoms with E-state index in [0.717, 1.165) is 0 Å². The van der Waals surface area contributed by atoms with Gasteiger partial charge in [0.15, 0.2) is 0 Å². The van der Waals surface area contributed by atoms with Gasteiger partial charge in [0.1, 0.15) is 10.0 Å². The van der Waals surface area contributed by atoms with Crippen molar-refractivity contribution in [2.75, 3.05) is 0 Å². The number of nitrogens with zero attached hydrogens (tertiary/aromatic N) is 2. The second-order valence-corrected chi connectivity index (χ2v) is 5.37. The molecule has 0 radical (unpaired) electrons. The van der Waals surface area contributed by atoms with E-state index in [1.807, 2.05) is 0 Å². The molecule has 2 heterocycles. The highest BCUT2D eigenvalue weighted by Crippen LogP contribution is 2.10. The van der Waals surface area contributed by atoms with Gasteiger partial charge in [-0.1, -0.05) is 11.6 Å². The van der Waals surface area contributed by atoms with Crippen LogP contribution in [0.15, 0.2) is 35.7 Å². The van der Waals surface area contributed by atoms with Crippen molar-refractivity contribution in [2.24, 2.45) is 0 Å². The predicted molar refractivity (Wildman–Crippen MR) is 61.9 cm³/mol. The molecule has 0 saturated carbocycles. The molecule has 0 aliphatic rings. The van der Waals surface area contributed by atoms with Gasteiger partial charge in [-0.3, -0.25) is 0 Å². The summed E-state index contributed by atoms with van der Waals surface area (Å²) in [6.07, 6.45) is 4.23. The topological polar surface area (TPSA) is 87.7 Å². The van der Waals surface area contributed by atoms with E-state index in [9.17, 15) is 8.42 Å². The third-order valence-electron chi connectivity index (χ3n) is 2.02. The molecule has 0 amide bonds. The zero-order valence-corrected chi connectivity index (χ0v) is 10.2. The SMILES string of the molecule is O=S(=O)(NCc1cnc[nH]1)c1ccc(Cl)nc1. The Morgan fingerprint density at radius 2 is 2.18 bits per heavy atom. The van der Waals surface area contributed by atoms with Gasteiger partial charge in [0.2, 0.25) is 10.0 Å². The van der Waals surface area contributed by atoms with Crippen molar-refractivity contribution in [2.45, 2.75) is 11.4 Å². The first-order valence-electron chi connectivity index (χ1n) is 4.66. The largest absolute Gasteiger partial charge is 0.347 e. The van der Waals surface area contributed by atoms with Gasteiger partial charge in [-0.2, -0.15) is 0 Å². The van der Waals surface area contributed by atoms with E-state index in [4.69, 9.17) is 11.6 Å². The highest BCUT2D eigenvalue weighted by molar-refractivity contribution is 7.89. The Balaban J connectivity index is 2.11. The third-order valence-corrected chi connectivity index (χ3v) is 3.63. The van der Waals surface area contributed by atoms with Crippen molar-refractivity contribution in [3.63, 3.8) is 0 Å². The molecule has 2 aromatic heterocycles. The molecule has 8 heteroatoms. The van der Waals surface area contributed by atoms with E-state index in [0.29, 0.717) is 5.69 Å². The number of halogens is 1. The Kier molecular flexibility index (Phi) is 3.41. The lowest BCUT2D eigenvalue weighted by Crippen LogP contribution is -2.23. The van der Waals surface area contributed by atoms with Crippen LogP contribution in [0.1, 0.15) is 5.69 Å². The minimum Gasteiger partial charge on any atom is -0.347 e. The number of pyridine rings is 1. The fourth-order valence-electron chi connectivity index (χ4n) is 1.16. The van der Waals surface area contributed by atoms with Gasteiger partial charge in [-0.05, 0) is 12.1 Å². The Morgan fingerprint density at radius 3 is 2.76 bits per heavy atom. The molecule has 0 bridgehead atoms. The van der Waals surface area contributed by atoms with E-state index in [1.54, 1.807) is 6.20 Å². The summed E-state index contributed by atoms with van der Waals surface area (Å²) in [5, 5.41) is 0.248. The van der Waals surface area contributed by atoms with Crippen molar-refractivity contribution < 1.29 is 8.42 Å². The van der Waals surface area contributed by atoms with Crippen molar-refractivity contribution in [1.82, 2.24) is 19.7 Å². The zero-order valence-electron chi connectivity index (χ0n) is 8.59. The molecule has 90 valence electrons. The summed E-state index contributed by atoms with van der Waals surface area (Å²) in [5.41, 5.74) is 0.676. The van der Waals surface area contributed by atoms with Crippen LogP contribution in [0.5, 0.6) is 0 Å². The fourth-order valence-corrected chi connectivity index (χ4v) is 2.22. The molecule has 0 saturated heterocycles. The number of imidazole rings is 1. The van der Waals surface area contributed by atoms with Crippen LogP contribution in [0.2, 0.25) is 5.15 Å². The first-order chi connectivity index (χ1) is 8.08. The summed E-state index contributed by atoms with van der Waals surface area (Å²) >= 11 is 5.58. The maximum absolute atomic E-state index is 11.8. The standard InChI is InChI=1S/C9H9ClN4O2S/c10-9-2-1-8(5-12-9)17(15,16)14-4-7-3-11-6-13-7/h1-3,5-6,14H,4H2,(H,11,13). The molecule has 0 aliphatic heterocycles. The summed E-state index contributed by atoms with van der Waals surface area (Å²) in [7, 11) is -3.57. The minimum atomic E-state index is -3.57. The number of hydrogen-bond donors (Lipinski definition) is 2. The minimum absolute atomic E-state index is 0.0708. The van der Waals surface area contributed by atoms with E-state index in [2.05, 4.69) is 19.7 Å². The lowest BCUT2D eigenvalue weighted by molar-refractivity contribution is 0.580. The zero-order chi connectivity index (χ0) is 12.3. The van der Waals surface area contributed by atoms with Gasteiger partial charge < -0.3 is 4.98 Å². The molecule has 0 atom stereocenters. The number of sulfonamides is 1. The third kappa shape index (κ3) is 3.02. The molecule has 0 aromatic carbocycles. The van der Waals surface area contributed by atoms with Crippen LogP contribution in [-0.4, -0.2) is 23.4 Å². The number of rotatable bonds is 4. The van der Waals surface area contributed by atoms with Crippen LogP contribution in [0.4, 0.5) is 0 Å². The summed E-state index contributed by atoms with van der Waals surface area (Å²) < 4.78 is 26.0. The smallest absolute Gasteiger partial charge is 0.242 e. The quantitative estimate of drug-likeness (QED) is 0.811. The lowest BCUT2D eigenvalue weighted by Gasteiger charge is -2.04. The van der Waals surface area contributed by atoms with Gasteiger partial charge >= 0.3 is 0 Å². The van der Waals surface area contributed by atoms with E-state index < -0.39 is 10.0 Å². The first-order valence-corrected chi connectivity index (χ1v) is 6.52. The second-order valence-electron chi connectivity index (χ2n) is 3.22. The number of aromatic amines is 1. The molecule has 0 aliphatic carbocycles. The maximum Gasteiger partial charge on any atom is 0.242 e. The molecule has 2 aromatic rings. The molecular formula is C9H9ClN4O2S. The summed E-state index contributed by atoms with van der Waals surface area (Å²) in [6.45, 7) is 0.144. The van der Waals surface area contributed by atoms with E-state index in [-0.39, 0.29) is 16.6 Å². The summed E-state index contributed by atoms with van der Waals surface area (Å²) in [6, 6.07) is 2.82. The Morgan fingerprint density at radius 1 is 1.35 bits per heavy atom. The molecule has 6 nitrogen and oxygen atoms in total. The maximum atomic E-state index is 11.8. The van der Waals surface area contributed by atoms with Crippen molar-refractivity contribution in [1.29, 1.82) is 0 Å². The predicted octanol–water partition coefficient (Wildman–Crippen LogP) is 0.937. The van der Waals surface area contributed by atoms with Crippen LogP contribution in [0, 0.1) is 0 Å². The van der Waals surface area contributed by atoms with Gasteiger partial charge in [-0.25, -0.2) is 23.1 Å². The van der Waals surface area contributed by atoms with Gasteiger partial charge in [0.05, 0.1) is 12.9 Å². The van der Waals surface area contributed by atoms with Crippen LogP contribution in [0.3, 0.4) is 0 Å². The van der Waals surface area contributed by atoms with E-state index in [1.165, 1.54) is 24.7 Å². The number of aromatic nitrogens is 3. The second kappa shape index (κ2) is 4.82.